The molecule has 0 saturated carbocycles. The number of benzene rings is 1. The van der Waals surface area contributed by atoms with Crippen molar-refractivity contribution in [2.24, 2.45) is 0 Å². The van der Waals surface area contributed by atoms with Crippen LogP contribution in [-0.4, -0.2) is 53.4 Å². The predicted octanol–water partition coefficient (Wildman–Crippen LogP) is 1.79. The van der Waals surface area contributed by atoms with Gasteiger partial charge in [0.15, 0.2) is 0 Å². The van der Waals surface area contributed by atoms with Crippen LogP contribution in [0.2, 0.25) is 0 Å². The molecule has 8 heteroatoms. The second-order valence-electron chi connectivity index (χ2n) is 6.00. The molecule has 0 saturated heterocycles. The van der Waals surface area contributed by atoms with Gasteiger partial charge in [-0.05, 0) is 38.4 Å². The maximum Gasteiger partial charge on any atom is 0.247 e. The van der Waals surface area contributed by atoms with E-state index in [-0.39, 0.29) is 5.16 Å². The Balaban J connectivity index is 2.11. The van der Waals surface area contributed by atoms with Crippen LogP contribution in [0, 0.1) is 0 Å². The van der Waals surface area contributed by atoms with Crippen LogP contribution in [0.5, 0.6) is 0 Å². The molecule has 0 aliphatic rings. The zero-order valence-electron chi connectivity index (χ0n) is 14.3. The zero-order chi connectivity index (χ0) is 18.0. The molecule has 3 aromatic rings. The molecule has 0 spiro atoms. The molecule has 7 nitrogen and oxygen atoms in total. The molecular weight excluding hydrogens is 338 g/mol. The minimum atomic E-state index is -3.47. The Bertz CT molecular complexity index is 981. The van der Waals surface area contributed by atoms with E-state index in [1.165, 1.54) is 6.20 Å². The van der Waals surface area contributed by atoms with Crippen molar-refractivity contribution in [1.29, 1.82) is 0 Å². The summed E-state index contributed by atoms with van der Waals surface area (Å²) in [6.07, 6.45) is 2.53. The fourth-order valence-corrected chi connectivity index (χ4v) is 2.95. The molecule has 3 rings (SSSR count). The Labute approximate surface area is 146 Å². The van der Waals surface area contributed by atoms with Gasteiger partial charge in [-0.3, -0.25) is 0 Å². The van der Waals surface area contributed by atoms with Crippen molar-refractivity contribution in [3.05, 3.63) is 54.4 Å². The molecular formula is C17H19N5O2S. The Morgan fingerprint density at radius 1 is 1.08 bits per heavy atom. The number of hydrogen-bond acceptors (Lipinski definition) is 6. The summed E-state index contributed by atoms with van der Waals surface area (Å²) in [6.45, 7) is 0.686. The van der Waals surface area contributed by atoms with Gasteiger partial charge in [0.25, 0.3) is 0 Å². The average Bonchev–Trinajstić information content (AvgIpc) is 2.98. The van der Waals surface area contributed by atoms with E-state index in [9.17, 15) is 8.42 Å². The summed E-state index contributed by atoms with van der Waals surface area (Å²) in [5.74, 6) is 0. The van der Waals surface area contributed by atoms with Gasteiger partial charge < -0.3 is 4.90 Å². The van der Waals surface area contributed by atoms with Crippen LogP contribution in [-0.2, 0) is 16.4 Å². The second-order valence-corrected chi connectivity index (χ2v) is 7.91. The third-order valence-electron chi connectivity index (χ3n) is 3.49. The molecule has 0 aliphatic carbocycles. The molecule has 0 radical (unpaired) electrons. The number of nitrogens with zero attached hydrogens (tertiary/aromatic N) is 5. The highest BCUT2D eigenvalue weighted by Crippen LogP contribution is 2.21. The summed E-state index contributed by atoms with van der Waals surface area (Å²) in [7, 11) is 0.488. The lowest BCUT2D eigenvalue weighted by Gasteiger charge is -2.11. The topological polar surface area (TPSA) is 81.0 Å². The third-order valence-corrected chi connectivity index (χ3v) is 4.35. The van der Waals surface area contributed by atoms with Crippen LogP contribution >= 0.6 is 0 Å². The smallest absolute Gasteiger partial charge is 0.247 e. The molecule has 2 aromatic heterocycles. The highest BCUT2D eigenvalue weighted by Gasteiger charge is 2.16. The van der Waals surface area contributed by atoms with Crippen molar-refractivity contribution in [3.63, 3.8) is 0 Å². The molecule has 2 heterocycles. The van der Waals surface area contributed by atoms with Crippen molar-refractivity contribution < 1.29 is 8.42 Å². The number of rotatable bonds is 5. The Morgan fingerprint density at radius 2 is 1.80 bits per heavy atom. The van der Waals surface area contributed by atoms with E-state index in [1.54, 1.807) is 6.07 Å². The Morgan fingerprint density at radius 3 is 2.44 bits per heavy atom. The first-order chi connectivity index (χ1) is 11.8. The number of para-hydroxylation sites is 1. The van der Waals surface area contributed by atoms with Gasteiger partial charge in [0.2, 0.25) is 15.0 Å². The van der Waals surface area contributed by atoms with Crippen molar-refractivity contribution in [1.82, 2.24) is 24.6 Å². The van der Waals surface area contributed by atoms with E-state index in [1.807, 2.05) is 60.1 Å². The van der Waals surface area contributed by atoms with Gasteiger partial charge >= 0.3 is 0 Å². The molecule has 0 fully saturated rings. The fourth-order valence-electron chi connectivity index (χ4n) is 2.44. The molecule has 130 valence electrons. The van der Waals surface area contributed by atoms with E-state index in [0.717, 1.165) is 17.6 Å². The summed E-state index contributed by atoms with van der Waals surface area (Å²) in [6, 6.07) is 13.4. The van der Waals surface area contributed by atoms with Gasteiger partial charge in [-0.15, -0.1) is 0 Å². The van der Waals surface area contributed by atoms with Crippen molar-refractivity contribution in [2.75, 3.05) is 20.4 Å². The van der Waals surface area contributed by atoms with Gasteiger partial charge in [-0.2, -0.15) is 5.10 Å². The maximum atomic E-state index is 11.7. The van der Waals surface area contributed by atoms with Crippen molar-refractivity contribution in [3.8, 4) is 17.1 Å². The van der Waals surface area contributed by atoms with Gasteiger partial charge in [0.1, 0.15) is 5.69 Å². The van der Waals surface area contributed by atoms with Crippen molar-refractivity contribution in [2.45, 2.75) is 11.7 Å². The highest BCUT2D eigenvalue weighted by molar-refractivity contribution is 7.90. The van der Waals surface area contributed by atoms with Gasteiger partial charge in [-0.25, -0.2) is 23.1 Å². The molecule has 25 heavy (non-hydrogen) atoms. The quantitative estimate of drug-likeness (QED) is 0.648. The molecule has 0 atom stereocenters. The maximum absolute atomic E-state index is 11.7. The summed E-state index contributed by atoms with van der Waals surface area (Å²) >= 11 is 0. The molecule has 0 aliphatic heterocycles. The Kier molecular flexibility index (Phi) is 4.65. The van der Waals surface area contributed by atoms with Gasteiger partial charge in [0.05, 0.1) is 17.1 Å². The molecule has 0 amide bonds. The normalized spacial score (nSPS) is 11.8. The lowest BCUT2D eigenvalue weighted by atomic mass is 10.2. The van der Waals surface area contributed by atoms with Gasteiger partial charge in [0, 0.05) is 19.0 Å². The minimum Gasteiger partial charge on any atom is -0.304 e. The highest BCUT2D eigenvalue weighted by atomic mass is 32.2. The first-order valence-electron chi connectivity index (χ1n) is 7.67. The average molecular weight is 357 g/mol. The summed E-state index contributed by atoms with van der Waals surface area (Å²) in [4.78, 5) is 10.0. The monoisotopic (exact) mass is 357 g/mol. The molecule has 0 bridgehead atoms. The first-order valence-corrected chi connectivity index (χ1v) is 9.56. The summed E-state index contributed by atoms with van der Waals surface area (Å²) in [5.41, 5.74) is 2.99. The Hall–Kier alpha value is -2.58. The molecule has 0 unspecified atom stereocenters. The largest absolute Gasteiger partial charge is 0.304 e. The van der Waals surface area contributed by atoms with E-state index in [4.69, 9.17) is 0 Å². The third kappa shape index (κ3) is 3.92. The standard InChI is InChI=1S/C17H19N5O2S/c1-21(2)12-14-11-16(20-22(14)13-7-5-4-6-8-13)15-9-10-18-17(19-15)25(3,23)24/h4-11H,12H2,1-3H3. The van der Waals surface area contributed by atoms with E-state index in [0.29, 0.717) is 17.9 Å². The number of aromatic nitrogens is 4. The summed E-state index contributed by atoms with van der Waals surface area (Å²) in [5, 5.41) is 4.43. The van der Waals surface area contributed by atoms with Crippen LogP contribution in [0.1, 0.15) is 5.69 Å². The lowest BCUT2D eigenvalue weighted by molar-refractivity contribution is 0.391. The zero-order valence-corrected chi connectivity index (χ0v) is 15.1. The number of sulfone groups is 1. The molecule has 0 N–H and O–H groups in total. The predicted molar refractivity (Wildman–Crippen MR) is 95.1 cm³/mol. The first kappa shape index (κ1) is 17.2. The van der Waals surface area contributed by atoms with Crippen LogP contribution < -0.4 is 0 Å². The van der Waals surface area contributed by atoms with E-state index in [2.05, 4.69) is 15.1 Å². The second kappa shape index (κ2) is 6.73. The number of hydrogen-bond donors (Lipinski definition) is 0. The van der Waals surface area contributed by atoms with Crippen molar-refractivity contribution >= 4 is 9.84 Å². The van der Waals surface area contributed by atoms with Crippen LogP contribution in [0.4, 0.5) is 0 Å². The van der Waals surface area contributed by atoms with Crippen LogP contribution in [0.3, 0.4) is 0 Å². The molecule has 1 aromatic carbocycles. The van der Waals surface area contributed by atoms with E-state index >= 15 is 0 Å². The van der Waals surface area contributed by atoms with E-state index < -0.39 is 9.84 Å². The summed E-state index contributed by atoms with van der Waals surface area (Å²) < 4.78 is 25.2. The van der Waals surface area contributed by atoms with Crippen LogP contribution in [0.25, 0.3) is 17.1 Å². The fraction of sp³-hybridized carbons (Fsp3) is 0.235. The minimum absolute atomic E-state index is 0.201. The SMILES string of the molecule is CN(C)Cc1cc(-c2ccnc(S(C)(=O)=O)n2)nn1-c1ccccc1. The lowest BCUT2D eigenvalue weighted by Crippen LogP contribution is -2.14. The van der Waals surface area contributed by atoms with Crippen LogP contribution in [0.15, 0.2) is 53.8 Å². The van der Waals surface area contributed by atoms with Gasteiger partial charge in [-0.1, -0.05) is 18.2 Å².